The average molecular weight is 272 g/mol. The van der Waals surface area contributed by atoms with Crippen molar-refractivity contribution in [1.82, 2.24) is 0 Å². The van der Waals surface area contributed by atoms with E-state index in [1.165, 1.54) is 5.56 Å². The van der Waals surface area contributed by atoms with Crippen LogP contribution in [0.5, 0.6) is 0 Å². The summed E-state index contributed by atoms with van der Waals surface area (Å²) in [5.74, 6) is 0. The molecule has 0 spiro atoms. The Morgan fingerprint density at radius 1 is 0.800 bits per heavy atom. The molecule has 0 aliphatic rings. The van der Waals surface area contributed by atoms with Gasteiger partial charge in [-0.25, -0.2) is 0 Å². The van der Waals surface area contributed by atoms with Crippen LogP contribution in [-0.4, -0.2) is 18.9 Å². The first-order valence-corrected chi connectivity index (χ1v) is 5.56. The van der Waals surface area contributed by atoms with Crippen LogP contribution in [0.2, 0.25) is 0 Å². The summed E-state index contributed by atoms with van der Waals surface area (Å²) in [5.41, 5.74) is 2.33. The predicted molar refractivity (Wildman–Crippen MR) is 72.6 cm³/mol. The molecule has 3 heteroatoms. The molecule has 0 aliphatic carbocycles. The SMILES string of the molecule is Sc1ccccc1-c1ccccc1Br.[Li]. The molecule has 0 N–H and O–H groups in total. The van der Waals surface area contributed by atoms with Crippen molar-refractivity contribution in [1.29, 1.82) is 0 Å². The molecule has 0 atom stereocenters. The first kappa shape index (κ1) is 12.9. The van der Waals surface area contributed by atoms with Crippen molar-refractivity contribution in [2.24, 2.45) is 0 Å². The minimum Gasteiger partial charge on any atom is -0.143 e. The van der Waals surface area contributed by atoms with Gasteiger partial charge in [-0.05, 0) is 23.3 Å². The van der Waals surface area contributed by atoms with Crippen molar-refractivity contribution < 1.29 is 0 Å². The summed E-state index contributed by atoms with van der Waals surface area (Å²) in [6.07, 6.45) is 0. The molecular formula is C12H9BrLiS. The van der Waals surface area contributed by atoms with Crippen LogP contribution in [0.1, 0.15) is 0 Å². The van der Waals surface area contributed by atoms with Crippen molar-refractivity contribution in [2.75, 3.05) is 0 Å². The summed E-state index contributed by atoms with van der Waals surface area (Å²) in [6, 6.07) is 16.2. The first-order valence-electron chi connectivity index (χ1n) is 4.32. The topological polar surface area (TPSA) is 0 Å². The Labute approximate surface area is 116 Å². The number of benzene rings is 2. The number of hydrogen-bond acceptors (Lipinski definition) is 1. The molecule has 0 nitrogen and oxygen atoms in total. The summed E-state index contributed by atoms with van der Waals surface area (Å²) < 4.78 is 1.10. The summed E-state index contributed by atoms with van der Waals surface area (Å²) in [7, 11) is 0. The zero-order chi connectivity index (χ0) is 9.97. The summed E-state index contributed by atoms with van der Waals surface area (Å²) in [4.78, 5) is 0.999. The van der Waals surface area contributed by atoms with Gasteiger partial charge in [-0.15, -0.1) is 12.6 Å². The van der Waals surface area contributed by atoms with Gasteiger partial charge in [0, 0.05) is 28.2 Å². The van der Waals surface area contributed by atoms with Gasteiger partial charge in [0.1, 0.15) is 0 Å². The van der Waals surface area contributed by atoms with E-state index >= 15 is 0 Å². The van der Waals surface area contributed by atoms with Crippen molar-refractivity contribution in [3.05, 3.63) is 53.0 Å². The largest absolute Gasteiger partial charge is 0.143 e. The van der Waals surface area contributed by atoms with E-state index in [2.05, 4.69) is 40.7 Å². The number of hydrogen-bond donors (Lipinski definition) is 1. The molecule has 0 unspecified atom stereocenters. The van der Waals surface area contributed by atoms with Crippen molar-refractivity contribution in [2.45, 2.75) is 4.90 Å². The third-order valence-corrected chi connectivity index (χ3v) is 3.15. The maximum atomic E-state index is 4.44. The third kappa shape index (κ3) is 2.92. The van der Waals surface area contributed by atoms with Gasteiger partial charge in [0.2, 0.25) is 0 Å². The average Bonchev–Trinajstić information content (AvgIpc) is 2.20. The number of thiol groups is 1. The molecular weight excluding hydrogens is 263 g/mol. The minimum atomic E-state index is 0. The normalized spacial score (nSPS) is 9.47. The van der Waals surface area contributed by atoms with Crippen molar-refractivity contribution >= 4 is 47.4 Å². The van der Waals surface area contributed by atoms with Crippen LogP contribution in [0.15, 0.2) is 57.9 Å². The quantitative estimate of drug-likeness (QED) is 0.588. The van der Waals surface area contributed by atoms with Gasteiger partial charge in [-0.3, -0.25) is 0 Å². The molecule has 0 saturated heterocycles. The second kappa shape index (κ2) is 5.82. The number of rotatable bonds is 1. The predicted octanol–water partition coefficient (Wildman–Crippen LogP) is 4.02. The maximum Gasteiger partial charge on any atom is 0.0254 e. The second-order valence-electron chi connectivity index (χ2n) is 3.00. The standard InChI is InChI=1S/C12H9BrS.Li/c13-11-7-3-1-5-9(11)10-6-2-4-8-12(10)14;/h1-8,14H;. The fourth-order valence-corrected chi connectivity index (χ4v) is 2.16. The van der Waals surface area contributed by atoms with Crippen molar-refractivity contribution in [3.8, 4) is 11.1 Å². The van der Waals surface area contributed by atoms with Gasteiger partial charge < -0.3 is 0 Å². The smallest absolute Gasteiger partial charge is 0.0254 e. The number of halogens is 1. The van der Waals surface area contributed by atoms with Gasteiger partial charge in [0.25, 0.3) is 0 Å². The molecule has 0 aromatic heterocycles. The Hall–Kier alpha value is -0.133. The van der Waals surface area contributed by atoms with E-state index in [0.29, 0.717) is 0 Å². The minimum absolute atomic E-state index is 0. The van der Waals surface area contributed by atoms with Crippen LogP contribution < -0.4 is 0 Å². The third-order valence-electron chi connectivity index (χ3n) is 2.07. The molecule has 2 aromatic rings. The molecule has 0 bridgehead atoms. The Balaban J connectivity index is 0.00000112. The van der Waals surface area contributed by atoms with Crippen LogP contribution in [-0.2, 0) is 0 Å². The first-order chi connectivity index (χ1) is 6.79. The second-order valence-corrected chi connectivity index (χ2v) is 4.33. The molecule has 0 amide bonds. The Bertz CT molecular complexity index is 413. The molecule has 0 fully saturated rings. The summed E-state index contributed by atoms with van der Waals surface area (Å²) in [6.45, 7) is 0. The van der Waals surface area contributed by atoms with E-state index in [1.54, 1.807) is 0 Å². The zero-order valence-corrected chi connectivity index (χ0v) is 10.9. The maximum absolute atomic E-state index is 4.44. The van der Waals surface area contributed by atoms with Gasteiger partial charge >= 0.3 is 0 Å². The molecule has 0 aliphatic heterocycles. The van der Waals surface area contributed by atoms with Crippen LogP contribution in [0.3, 0.4) is 0 Å². The molecule has 2 aromatic carbocycles. The Morgan fingerprint density at radius 3 is 1.93 bits per heavy atom. The van der Waals surface area contributed by atoms with Gasteiger partial charge in [0.05, 0.1) is 0 Å². The summed E-state index contributed by atoms with van der Waals surface area (Å²) in [5, 5.41) is 0. The Morgan fingerprint density at radius 2 is 1.33 bits per heavy atom. The molecule has 71 valence electrons. The van der Waals surface area contributed by atoms with Gasteiger partial charge in [-0.1, -0.05) is 52.3 Å². The molecule has 15 heavy (non-hydrogen) atoms. The van der Waals surface area contributed by atoms with E-state index in [-0.39, 0.29) is 18.9 Å². The van der Waals surface area contributed by atoms with Crippen LogP contribution in [0, 0.1) is 0 Å². The van der Waals surface area contributed by atoms with E-state index in [1.807, 2.05) is 36.4 Å². The Kier molecular flexibility index (Phi) is 5.02. The van der Waals surface area contributed by atoms with E-state index in [9.17, 15) is 0 Å². The fourth-order valence-electron chi connectivity index (χ4n) is 1.38. The van der Waals surface area contributed by atoms with Crippen LogP contribution in [0.25, 0.3) is 11.1 Å². The molecule has 2 rings (SSSR count). The van der Waals surface area contributed by atoms with E-state index in [4.69, 9.17) is 0 Å². The zero-order valence-electron chi connectivity index (χ0n) is 8.44. The van der Waals surface area contributed by atoms with Crippen molar-refractivity contribution in [3.63, 3.8) is 0 Å². The fraction of sp³-hybridized carbons (Fsp3) is 0. The monoisotopic (exact) mass is 271 g/mol. The van der Waals surface area contributed by atoms with E-state index < -0.39 is 0 Å². The van der Waals surface area contributed by atoms with Gasteiger partial charge in [-0.2, -0.15) is 0 Å². The molecule has 0 heterocycles. The van der Waals surface area contributed by atoms with Crippen LogP contribution in [0.4, 0.5) is 0 Å². The van der Waals surface area contributed by atoms with E-state index in [0.717, 1.165) is 14.9 Å². The molecule has 1 radical (unpaired) electrons. The molecule has 0 saturated carbocycles. The van der Waals surface area contributed by atoms with Crippen LogP contribution >= 0.6 is 28.6 Å². The summed E-state index contributed by atoms with van der Waals surface area (Å²) >= 11 is 7.97. The van der Waals surface area contributed by atoms with Gasteiger partial charge in [0.15, 0.2) is 0 Å².